The number of carbonyl (C=O) groups excluding carboxylic acids is 1. The van der Waals surface area contributed by atoms with E-state index in [0.29, 0.717) is 26.0 Å². The molecule has 1 saturated heterocycles. The Morgan fingerprint density at radius 3 is 2.75 bits per heavy atom. The number of aryl methyl sites for hydroxylation is 1. The van der Waals surface area contributed by atoms with E-state index in [0.717, 1.165) is 71.6 Å². The van der Waals surface area contributed by atoms with Crippen molar-refractivity contribution < 1.29 is 14.3 Å². The zero-order chi connectivity index (χ0) is 27.9. The molecule has 1 aliphatic rings. The first kappa shape index (κ1) is 27.8. The second-order valence-corrected chi connectivity index (χ2v) is 10.6. The molecule has 0 unspecified atom stereocenters. The van der Waals surface area contributed by atoms with Crippen molar-refractivity contribution in [2.24, 2.45) is 5.73 Å². The molecule has 2 atom stereocenters. The number of pyridine rings is 1. The first-order chi connectivity index (χ1) is 19.6. The van der Waals surface area contributed by atoms with Crippen molar-refractivity contribution in [2.75, 3.05) is 33.9 Å². The normalized spacial score (nSPS) is 16.3. The van der Waals surface area contributed by atoms with E-state index in [1.807, 2.05) is 17.0 Å². The van der Waals surface area contributed by atoms with Crippen LogP contribution in [0, 0.1) is 0 Å². The van der Waals surface area contributed by atoms with Crippen LogP contribution in [0.5, 0.6) is 5.75 Å². The molecule has 3 heterocycles. The van der Waals surface area contributed by atoms with Gasteiger partial charge in [0.15, 0.2) is 0 Å². The Labute approximate surface area is 236 Å². The van der Waals surface area contributed by atoms with Crippen LogP contribution in [-0.4, -0.2) is 65.3 Å². The summed E-state index contributed by atoms with van der Waals surface area (Å²) in [4.78, 5) is 24.6. The van der Waals surface area contributed by atoms with Crippen LogP contribution in [0.15, 0.2) is 67.0 Å². The van der Waals surface area contributed by atoms with E-state index in [2.05, 4.69) is 52.0 Å². The summed E-state index contributed by atoms with van der Waals surface area (Å²) in [6.07, 6.45) is 7.40. The molecular weight excluding hydrogens is 502 g/mol. The lowest BCUT2D eigenvalue weighted by molar-refractivity contribution is -0.132. The maximum atomic E-state index is 13.3. The van der Waals surface area contributed by atoms with Crippen LogP contribution in [0.4, 0.5) is 0 Å². The van der Waals surface area contributed by atoms with Gasteiger partial charge in [0, 0.05) is 69.7 Å². The van der Waals surface area contributed by atoms with E-state index in [9.17, 15) is 4.79 Å². The summed E-state index contributed by atoms with van der Waals surface area (Å²) in [5, 5.41) is 0. The zero-order valence-electron chi connectivity index (χ0n) is 23.5. The Morgan fingerprint density at radius 2 is 1.95 bits per heavy atom. The number of piperidine rings is 1. The minimum absolute atomic E-state index is 0.121. The van der Waals surface area contributed by atoms with E-state index >= 15 is 0 Å². The number of para-hydroxylation sites is 2. The lowest BCUT2D eigenvalue weighted by Gasteiger charge is -2.33. The van der Waals surface area contributed by atoms with Crippen molar-refractivity contribution in [1.29, 1.82) is 0 Å². The van der Waals surface area contributed by atoms with E-state index < -0.39 is 0 Å². The summed E-state index contributed by atoms with van der Waals surface area (Å²) in [7, 11) is 3.39. The molecule has 210 valence electrons. The summed E-state index contributed by atoms with van der Waals surface area (Å²) < 4.78 is 13.1. The number of imidazole rings is 1. The Hall–Kier alpha value is -3.75. The first-order valence-corrected chi connectivity index (χ1v) is 14.1. The summed E-state index contributed by atoms with van der Waals surface area (Å²) in [5.74, 6) is 2.19. The van der Waals surface area contributed by atoms with E-state index in [-0.39, 0.29) is 17.9 Å². The van der Waals surface area contributed by atoms with Gasteiger partial charge in [0.05, 0.1) is 18.1 Å². The molecular formula is C32H39N5O3. The Morgan fingerprint density at radius 1 is 1.12 bits per heavy atom. The second kappa shape index (κ2) is 13.1. The Kier molecular flexibility index (Phi) is 9.08. The highest BCUT2D eigenvalue weighted by Gasteiger charge is 2.29. The van der Waals surface area contributed by atoms with Crippen LogP contribution in [0.3, 0.4) is 0 Å². The van der Waals surface area contributed by atoms with Gasteiger partial charge in [-0.05, 0) is 55.0 Å². The molecule has 1 aliphatic heterocycles. The lowest BCUT2D eigenvalue weighted by atomic mass is 9.95. The molecule has 2 aromatic heterocycles. The predicted octanol–water partition coefficient (Wildman–Crippen LogP) is 4.81. The van der Waals surface area contributed by atoms with Crippen LogP contribution in [-0.2, 0) is 22.5 Å². The number of amides is 1. The van der Waals surface area contributed by atoms with Crippen LogP contribution >= 0.6 is 0 Å². The van der Waals surface area contributed by atoms with Crippen LogP contribution in [0.1, 0.15) is 43.0 Å². The van der Waals surface area contributed by atoms with Crippen LogP contribution in [0.25, 0.3) is 22.2 Å². The monoisotopic (exact) mass is 541 g/mol. The molecule has 0 saturated carbocycles. The fourth-order valence-electron chi connectivity index (χ4n) is 5.75. The third-order valence-corrected chi connectivity index (χ3v) is 7.75. The largest absolute Gasteiger partial charge is 0.496 e. The summed E-state index contributed by atoms with van der Waals surface area (Å²) in [6.45, 7) is 3.01. The van der Waals surface area contributed by atoms with Crippen molar-refractivity contribution in [3.05, 3.63) is 78.4 Å². The minimum atomic E-state index is -0.245. The van der Waals surface area contributed by atoms with Gasteiger partial charge in [-0.3, -0.25) is 9.78 Å². The SMILES string of the molecule is COCCCn1c([C@@H]2CCCN(C(=O)C[C@H](N)Cc3ccc(-c4cnccc4OC)cc3)C2)nc2ccccc21. The molecule has 8 nitrogen and oxygen atoms in total. The fraction of sp³-hybridized carbons (Fsp3) is 0.406. The predicted molar refractivity (Wildman–Crippen MR) is 157 cm³/mol. The van der Waals surface area contributed by atoms with Gasteiger partial charge in [-0.25, -0.2) is 4.98 Å². The highest BCUT2D eigenvalue weighted by atomic mass is 16.5. The van der Waals surface area contributed by atoms with Gasteiger partial charge < -0.3 is 24.7 Å². The van der Waals surface area contributed by atoms with Crippen molar-refractivity contribution in [3.63, 3.8) is 0 Å². The second-order valence-electron chi connectivity index (χ2n) is 10.6. The number of carbonyl (C=O) groups is 1. The average Bonchev–Trinajstić information content (AvgIpc) is 3.36. The number of ether oxygens (including phenoxy) is 2. The third-order valence-electron chi connectivity index (χ3n) is 7.75. The molecule has 1 fully saturated rings. The molecule has 0 aliphatic carbocycles. The van der Waals surface area contributed by atoms with Gasteiger partial charge in [0.1, 0.15) is 11.6 Å². The quantitative estimate of drug-likeness (QED) is 0.274. The third kappa shape index (κ3) is 6.35. The number of fused-ring (bicyclic) bond motifs is 1. The molecule has 5 rings (SSSR count). The zero-order valence-corrected chi connectivity index (χ0v) is 23.5. The molecule has 0 spiro atoms. The Balaban J connectivity index is 1.21. The molecule has 2 N–H and O–H groups in total. The maximum Gasteiger partial charge on any atom is 0.224 e. The van der Waals surface area contributed by atoms with Crippen molar-refractivity contribution in [1.82, 2.24) is 19.4 Å². The first-order valence-electron chi connectivity index (χ1n) is 14.1. The van der Waals surface area contributed by atoms with Crippen LogP contribution in [0.2, 0.25) is 0 Å². The highest BCUT2D eigenvalue weighted by molar-refractivity contribution is 5.78. The number of hydrogen-bond donors (Lipinski definition) is 1. The van der Waals surface area contributed by atoms with E-state index in [1.165, 1.54) is 0 Å². The molecule has 40 heavy (non-hydrogen) atoms. The number of rotatable bonds is 11. The fourth-order valence-corrected chi connectivity index (χ4v) is 5.75. The number of likely N-dealkylation sites (tertiary alicyclic amines) is 1. The maximum absolute atomic E-state index is 13.3. The molecule has 8 heteroatoms. The van der Waals surface area contributed by atoms with Gasteiger partial charge in [0.25, 0.3) is 0 Å². The van der Waals surface area contributed by atoms with Gasteiger partial charge >= 0.3 is 0 Å². The molecule has 2 aromatic carbocycles. The number of methoxy groups -OCH3 is 2. The smallest absolute Gasteiger partial charge is 0.224 e. The van der Waals surface area contributed by atoms with E-state index in [1.54, 1.807) is 26.6 Å². The Bertz CT molecular complexity index is 1420. The van der Waals surface area contributed by atoms with Gasteiger partial charge in [-0.2, -0.15) is 0 Å². The summed E-state index contributed by atoms with van der Waals surface area (Å²) in [6, 6.07) is 18.1. The molecule has 1 amide bonds. The highest BCUT2D eigenvalue weighted by Crippen LogP contribution is 2.31. The summed E-state index contributed by atoms with van der Waals surface area (Å²) in [5.41, 5.74) is 11.7. The number of benzene rings is 2. The number of nitrogens with two attached hydrogens (primary N) is 1. The molecule has 0 bridgehead atoms. The standard InChI is InChI=1S/C32H39N5O3/c1-39-18-6-17-37-29-9-4-3-8-28(29)35-32(37)25-7-5-16-36(22-25)31(38)20-26(33)19-23-10-12-24(13-11-23)27-21-34-15-14-30(27)40-2/h3-4,8-15,21,25-26H,5-7,16-20,22,33H2,1-2H3/t25-,26-/m1/s1. The lowest BCUT2D eigenvalue weighted by Crippen LogP contribution is -2.42. The van der Waals surface area contributed by atoms with Gasteiger partial charge in [-0.15, -0.1) is 0 Å². The van der Waals surface area contributed by atoms with Gasteiger partial charge in [-0.1, -0.05) is 36.4 Å². The van der Waals surface area contributed by atoms with Crippen LogP contribution < -0.4 is 10.5 Å². The molecule has 4 aromatic rings. The topological polar surface area (TPSA) is 95.5 Å². The number of aromatic nitrogens is 3. The van der Waals surface area contributed by atoms with Gasteiger partial charge in [0.2, 0.25) is 5.91 Å². The average molecular weight is 542 g/mol. The summed E-state index contributed by atoms with van der Waals surface area (Å²) >= 11 is 0. The number of hydrogen-bond acceptors (Lipinski definition) is 6. The van der Waals surface area contributed by atoms with Crippen molar-refractivity contribution in [3.8, 4) is 16.9 Å². The number of nitrogens with zero attached hydrogens (tertiary/aromatic N) is 4. The van der Waals surface area contributed by atoms with E-state index in [4.69, 9.17) is 20.2 Å². The van der Waals surface area contributed by atoms with Crippen molar-refractivity contribution >= 4 is 16.9 Å². The minimum Gasteiger partial charge on any atom is -0.496 e. The van der Waals surface area contributed by atoms with Crippen molar-refractivity contribution in [2.45, 2.75) is 50.6 Å². The molecule has 0 radical (unpaired) electrons.